The molecule has 2 aromatic carbocycles. The van der Waals surface area contributed by atoms with Crippen LogP contribution in [0.25, 0.3) is 10.2 Å². The van der Waals surface area contributed by atoms with Crippen LogP contribution in [0.3, 0.4) is 0 Å². The van der Waals surface area contributed by atoms with Crippen LogP contribution in [-0.2, 0) is 14.6 Å². The number of carbonyl (C=O) groups is 1. The molecule has 2 heterocycles. The molecule has 1 saturated heterocycles. The molecule has 1 N–H and O–H groups in total. The number of anilines is 1. The minimum atomic E-state index is -3.30. The fourth-order valence-corrected chi connectivity index (χ4v) is 5.97. The number of carbonyl (C=O) groups excluding carboxylic acids is 1. The van der Waals surface area contributed by atoms with E-state index in [1.807, 2.05) is 6.07 Å². The van der Waals surface area contributed by atoms with Crippen molar-refractivity contribution in [1.29, 1.82) is 0 Å². The topological polar surface area (TPSA) is 97.8 Å². The number of rotatable bonds is 8. The van der Waals surface area contributed by atoms with Crippen molar-refractivity contribution in [2.45, 2.75) is 37.1 Å². The summed E-state index contributed by atoms with van der Waals surface area (Å²) >= 11 is 1.37. The smallest absolute Gasteiger partial charge is 0.248 e. The van der Waals surface area contributed by atoms with Gasteiger partial charge in [-0.1, -0.05) is 36.8 Å². The summed E-state index contributed by atoms with van der Waals surface area (Å²) in [7, 11) is -0.158. The van der Waals surface area contributed by atoms with Crippen LogP contribution in [0.5, 0.6) is 11.5 Å². The summed E-state index contributed by atoms with van der Waals surface area (Å²) in [6.45, 7) is 3.24. The molecule has 1 aromatic heterocycles. The molecule has 0 bridgehead atoms. The van der Waals surface area contributed by atoms with Crippen LogP contribution < -0.4 is 14.8 Å². The number of fused-ring (bicyclic) bond motifs is 1. The Morgan fingerprint density at radius 3 is 2.35 bits per heavy atom. The van der Waals surface area contributed by atoms with E-state index in [1.165, 1.54) is 11.3 Å². The average Bonchev–Trinajstić information content (AvgIpc) is 3.25. The van der Waals surface area contributed by atoms with E-state index >= 15 is 0 Å². The molecular formula is C24H29N3O5S2. The van der Waals surface area contributed by atoms with Crippen molar-refractivity contribution in [2.24, 2.45) is 0 Å². The lowest BCUT2D eigenvalue weighted by atomic mass is 10.0. The Balaban J connectivity index is 1.63. The second-order valence-corrected chi connectivity index (χ2v) is 11.5. The fourth-order valence-electron chi connectivity index (χ4n) is 4.21. The van der Waals surface area contributed by atoms with E-state index < -0.39 is 15.9 Å². The predicted molar refractivity (Wildman–Crippen MR) is 134 cm³/mol. The molecular weight excluding hydrogens is 474 g/mol. The SMILES string of the molecule is CCS(=O)(=O)c1ccc(C(C(=O)Nc2nc3cc(OC)c(OC)cc3s2)N2CCCCC2)cc1. The van der Waals surface area contributed by atoms with Gasteiger partial charge in [0.05, 0.1) is 35.1 Å². The number of nitrogens with one attached hydrogen (secondary N) is 1. The molecule has 1 aliphatic rings. The lowest BCUT2D eigenvalue weighted by Crippen LogP contribution is -2.40. The highest BCUT2D eigenvalue weighted by Crippen LogP contribution is 2.37. The summed E-state index contributed by atoms with van der Waals surface area (Å²) in [6, 6.07) is 9.77. The number of thiazole rings is 1. The number of amides is 1. The van der Waals surface area contributed by atoms with Crippen molar-refractivity contribution < 1.29 is 22.7 Å². The third kappa shape index (κ3) is 5.03. The largest absolute Gasteiger partial charge is 0.493 e. The maximum atomic E-state index is 13.5. The van der Waals surface area contributed by atoms with E-state index in [0.717, 1.165) is 42.6 Å². The van der Waals surface area contributed by atoms with Crippen LogP contribution in [0.2, 0.25) is 0 Å². The molecule has 1 atom stereocenters. The second-order valence-electron chi connectivity index (χ2n) is 8.15. The van der Waals surface area contributed by atoms with Crippen LogP contribution in [0, 0.1) is 0 Å². The van der Waals surface area contributed by atoms with Crippen molar-refractivity contribution in [3.63, 3.8) is 0 Å². The lowest BCUT2D eigenvalue weighted by Gasteiger charge is -2.33. The summed E-state index contributed by atoms with van der Waals surface area (Å²) in [5.41, 5.74) is 1.47. The molecule has 1 fully saturated rings. The highest BCUT2D eigenvalue weighted by atomic mass is 32.2. The summed E-state index contributed by atoms with van der Waals surface area (Å²) in [4.78, 5) is 20.5. The van der Waals surface area contributed by atoms with Gasteiger partial charge in [0.15, 0.2) is 26.5 Å². The normalized spacial score (nSPS) is 15.7. The van der Waals surface area contributed by atoms with Crippen LogP contribution in [-0.4, -0.2) is 57.3 Å². The second kappa shape index (κ2) is 10.3. The first-order chi connectivity index (χ1) is 16.4. The number of piperidine rings is 1. The Morgan fingerprint density at radius 1 is 1.09 bits per heavy atom. The molecule has 0 saturated carbocycles. The first-order valence-electron chi connectivity index (χ1n) is 11.3. The number of hydrogen-bond acceptors (Lipinski definition) is 8. The van der Waals surface area contributed by atoms with E-state index in [4.69, 9.17) is 9.47 Å². The third-order valence-corrected chi connectivity index (χ3v) is 8.75. The maximum Gasteiger partial charge on any atom is 0.248 e. The minimum absolute atomic E-state index is 0.0373. The Kier molecular flexibility index (Phi) is 7.39. The zero-order valence-electron chi connectivity index (χ0n) is 19.5. The summed E-state index contributed by atoms with van der Waals surface area (Å²) < 4.78 is 36.0. The van der Waals surface area contributed by atoms with Crippen LogP contribution in [0.15, 0.2) is 41.3 Å². The number of nitrogens with zero attached hydrogens (tertiary/aromatic N) is 2. The zero-order valence-corrected chi connectivity index (χ0v) is 21.2. The maximum absolute atomic E-state index is 13.5. The highest BCUT2D eigenvalue weighted by Gasteiger charge is 2.30. The molecule has 1 unspecified atom stereocenters. The molecule has 1 amide bonds. The van der Waals surface area contributed by atoms with Crippen LogP contribution >= 0.6 is 11.3 Å². The van der Waals surface area contributed by atoms with E-state index in [0.29, 0.717) is 22.1 Å². The van der Waals surface area contributed by atoms with Gasteiger partial charge in [0.1, 0.15) is 6.04 Å². The van der Waals surface area contributed by atoms with Gasteiger partial charge in [-0.15, -0.1) is 0 Å². The van der Waals surface area contributed by atoms with Gasteiger partial charge < -0.3 is 14.8 Å². The molecule has 1 aliphatic heterocycles. The van der Waals surface area contributed by atoms with Crippen molar-refractivity contribution >= 4 is 42.4 Å². The standard InChI is InChI=1S/C24H29N3O5S2/c1-4-34(29,30)17-10-8-16(9-11-17)22(27-12-6-5-7-13-27)23(28)26-24-25-18-14-19(31-2)20(32-3)15-21(18)33-24/h8-11,14-15,22H,4-7,12-13H2,1-3H3,(H,25,26,28). The van der Waals surface area contributed by atoms with Gasteiger partial charge in [0.2, 0.25) is 5.91 Å². The quantitative estimate of drug-likeness (QED) is 0.490. The Morgan fingerprint density at radius 2 is 1.74 bits per heavy atom. The van der Waals surface area contributed by atoms with Gasteiger partial charge in [0, 0.05) is 12.1 Å². The predicted octanol–water partition coefficient (Wildman–Crippen LogP) is 4.27. The van der Waals surface area contributed by atoms with Crippen molar-refractivity contribution in [3.05, 3.63) is 42.0 Å². The number of hydrogen-bond donors (Lipinski definition) is 1. The molecule has 4 rings (SSSR count). The first kappa shape index (κ1) is 24.4. The van der Waals surface area contributed by atoms with Crippen LogP contribution in [0.4, 0.5) is 5.13 Å². The van der Waals surface area contributed by atoms with Crippen molar-refractivity contribution in [3.8, 4) is 11.5 Å². The lowest BCUT2D eigenvalue weighted by molar-refractivity contribution is -0.122. The number of sulfone groups is 1. The van der Waals surface area contributed by atoms with Gasteiger partial charge >= 0.3 is 0 Å². The fraction of sp³-hybridized carbons (Fsp3) is 0.417. The van der Waals surface area contributed by atoms with Gasteiger partial charge in [-0.25, -0.2) is 13.4 Å². The minimum Gasteiger partial charge on any atom is -0.493 e. The Bertz CT molecular complexity index is 1220. The number of aromatic nitrogens is 1. The Hall–Kier alpha value is -2.69. The van der Waals surface area contributed by atoms with Crippen molar-refractivity contribution in [2.75, 3.05) is 38.4 Å². The van der Waals surface area contributed by atoms with E-state index in [2.05, 4.69) is 15.2 Å². The zero-order chi connectivity index (χ0) is 24.3. The monoisotopic (exact) mass is 503 g/mol. The highest BCUT2D eigenvalue weighted by molar-refractivity contribution is 7.91. The molecule has 3 aromatic rings. The average molecular weight is 504 g/mol. The summed E-state index contributed by atoms with van der Waals surface area (Å²) in [5.74, 6) is 1.03. The third-order valence-electron chi connectivity index (χ3n) is 6.06. The van der Waals surface area contributed by atoms with E-state index in [-0.39, 0.29) is 16.6 Å². The number of likely N-dealkylation sites (tertiary alicyclic amines) is 1. The number of ether oxygens (including phenoxy) is 2. The molecule has 182 valence electrons. The van der Waals surface area contributed by atoms with Gasteiger partial charge in [-0.2, -0.15) is 0 Å². The van der Waals surface area contributed by atoms with E-state index in [9.17, 15) is 13.2 Å². The van der Waals surface area contributed by atoms with E-state index in [1.54, 1.807) is 51.5 Å². The summed E-state index contributed by atoms with van der Waals surface area (Å²) in [5, 5.41) is 3.47. The van der Waals surface area contributed by atoms with Crippen LogP contribution in [0.1, 0.15) is 37.8 Å². The number of methoxy groups -OCH3 is 2. The Labute approximate surface area is 203 Å². The van der Waals surface area contributed by atoms with Gasteiger partial charge in [-0.3, -0.25) is 9.69 Å². The molecule has 0 radical (unpaired) electrons. The first-order valence-corrected chi connectivity index (χ1v) is 13.7. The van der Waals surface area contributed by atoms with Gasteiger partial charge in [-0.05, 0) is 43.6 Å². The van der Waals surface area contributed by atoms with Gasteiger partial charge in [0.25, 0.3) is 0 Å². The molecule has 34 heavy (non-hydrogen) atoms. The molecule has 10 heteroatoms. The number of benzene rings is 2. The molecule has 0 aliphatic carbocycles. The molecule has 8 nitrogen and oxygen atoms in total. The van der Waals surface area contributed by atoms with Crippen molar-refractivity contribution in [1.82, 2.24) is 9.88 Å². The summed E-state index contributed by atoms with van der Waals surface area (Å²) in [6.07, 6.45) is 3.18. The molecule has 0 spiro atoms.